The second kappa shape index (κ2) is 28.4. The van der Waals surface area contributed by atoms with Gasteiger partial charge in [0, 0.05) is 34.4 Å². The van der Waals surface area contributed by atoms with E-state index in [0.29, 0.717) is 48.5 Å². The smallest absolute Gasteiger partial charge is 0.342 e. The normalized spacial score (nSPS) is 20.6. The number of cyclic esters (lactones) is 1. The van der Waals surface area contributed by atoms with Gasteiger partial charge in [-0.15, -0.1) is 0 Å². The van der Waals surface area contributed by atoms with Crippen LogP contribution in [0, 0.1) is 0 Å². The summed E-state index contributed by atoms with van der Waals surface area (Å²) in [6.07, 6.45) is -26.3. The molecular formula is C68H50O44. The Labute approximate surface area is 616 Å². The van der Waals surface area contributed by atoms with E-state index < -0.39 is 333 Å². The summed E-state index contributed by atoms with van der Waals surface area (Å²) in [6, 6.07) is 4.39. The number of ether oxygens (including phenoxy) is 11. The van der Waals surface area contributed by atoms with Crippen molar-refractivity contribution in [2.24, 2.45) is 0 Å². The Bertz CT molecular complexity index is 5320. The van der Waals surface area contributed by atoms with Gasteiger partial charge in [0.15, 0.2) is 128 Å². The number of phenols is 23. The predicted molar refractivity (Wildman–Crippen MR) is 345 cm³/mol. The van der Waals surface area contributed by atoms with Gasteiger partial charge in [-0.2, -0.15) is 0 Å². The van der Waals surface area contributed by atoms with Crippen molar-refractivity contribution >= 4 is 47.8 Å². The molecule has 25 N–H and O–H groups in total. The van der Waals surface area contributed by atoms with Crippen molar-refractivity contribution in [3.8, 4) is 166 Å². The molecule has 0 saturated carbocycles. The largest absolute Gasteiger partial charge is 0.504 e. The Balaban J connectivity index is 0.978. The predicted octanol–water partition coefficient (Wildman–Crippen LogP) is 1.77. The highest BCUT2D eigenvalue weighted by Gasteiger charge is 2.57. The molecule has 0 unspecified atom stereocenters. The van der Waals surface area contributed by atoms with E-state index in [2.05, 4.69) is 0 Å². The second-order valence-electron chi connectivity index (χ2n) is 24.3. The maximum atomic E-state index is 15.6. The minimum absolute atomic E-state index is 0.182. The molecule has 44 nitrogen and oxygen atoms in total. The molecule has 4 heterocycles. The number of hydrogen-bond acceptors (Lipinski definition) is 44. The first-order chi connectivity index (χ1) is 52.7. The Morgan fingerprint density at radius 2 is 0.714 bits per heavy atom. The molecular weight excluding hydrogens is 1520 g/mol. The monoisotopic (exact) mass is 1570 g/mol. The molecule has 0 amide bonds. The summed E-state index contributed by atoms with van der Waals surface area (Å²) in [6.45, 7) is -2.82. The number of aromatic hydroxyl groups is 23. The van der Waals surface area contributed by atoms with Gasteiger partial charge in [-0.05, 0) is 54.6 Å². The van der Waals surface area contributed by atoms with E-state index in [0.717, 1.165) is 0 Å². The van der Waals surface area contributed by atoms with E-state index in [1.54, 1.807) is 0 Å². The number of benzene rings is 8. The van der Waals surface area contributed by atoms with Crippen molar-refractivity contribution in [2.45, 2.75) is 61.4 Å². The van der Waals surface area contributed by atoms with Gasteiger partial charge < -0.3 is 180 Å². The molecule has 10 atom stereocenters. The highest BCUT2D eigenvalue weighted by atomic mass is 16.8. The van der Waals surface area contributed by atoms with E-state index in [-0.39, 0.29) is 18.2 Å². The molecule has 2 saturated heterocycles. The first kappa shape index (κ1) is 76.2. The fourth-order valence-corrected chi connectivity index (χ4v) is 11.8. The van der Waals surface area contributed by atoms with Crippen molar-refractivity contribution in [1.82, 2.24) is 0 Å². The number of phenolic OH excluding ortho intramolecular Hbond substituents is 23. The molecule has 586 valence electrons. The van der Waals surface area contributed by atoms with Gasteiger partial charge in [-0.3, -0.25) is 0 Å². The average Bonchev–Trinajstić information content (AvgIpc) is 0.933. The topological polar surface area (TPSA) is 744 Å². The molecule has 12 rings (SSSR count). The van der Waals surface area contributed by atoms with Crippen LogP contribution < -0.4 is 4.74 Å². The van der Waals surface area contributed by atoms with Crippen molar-refractivity contribution in [3.63, 3.8) is 0 Å². The molecule has 0 aromatic heterocycles. The molecule has 44 heteroatoms. The van der Waals surface area contributed by atoms with Crippen LogP contribution in [0.2, 0.25) is 0 Å². The summed E-state index contributed by atoms with van der Waals surface area (Å²) in [5.74, 6) is -50.7. The molecule has 4 aliphatic heterocycles. The highest BCUT2D eigenvalue weighted by Crippen LogP contribution is 2.58. The molecule has 2 fully saturated rings. The Morgan fingerprint density at radius 3 is 1.17 bits per heavy atom. The zero-order valence-electron chi connectivity index (χ0n) is 55.0. The summed E-state index contributed by atoms with van der Waals surface area (Å²) in [5, 5.41) is 271. The lowest BCUT2D eigenvalue weighted by atomic mass is 9.91. The van der Waals surface area contributed by atoms with Crippen LogP contribution in [0.25, 0.3) is 22.3 Å². The zero-order valence-corrected chi connectivity index (χ0v) is 55.0. The number of hydrogen-bond donors (Lipinski definition) is 25. The first-order valence-electron chi connectivity index (χ1n) is 31.1. The van der Waals surface area contributed by atoms with Crippen LogP contribution in [0.1, 0.15) is 82.9 Å². The van der Waals surface area contributed by atoms with Gasteiger partial charge in [0.1, 0.15) is 43.2 Å². The Kier molecular flexibility index (Phi) is 19.3. The van der Waals surface area contributed by atoms with Crippen LogP contribution >= 0.6 is 0 Å². The number of carbonyl (C=O) groups is 8. The summed E-state index contributed by atoms with van der Waals surface area (Å²) >= 11 is 0. The SMILES string of the molecule is O=C(OC[C@H]1O[C@@H](OC(=O)c2cc(O)c(O)c(O)c2)[C@H](O)[C@@H](O)[C@@H]1OC(=O)c1cc(O)c(O)c(O)c1Oc1cc2c(c(O)c1O)-c1c(cc(O)c(O)c1O)C(=O)O[C@H]1[C@H](OC(=O)c3cc(O)c(O)c(O)c3)O[C@@H]3COC(=O)c4cc(O)c(O)c(O)c4-c4c(cc(O)c(O)c4O)C(=O)O[C@H]3[C@@H]1OC2=O)c1cc(O)c(O)c(O)c1. The summed E-state index contributed by atoms with van der Waals surface area (Å²) in [7, 11) is 0. The van der Waals surface area contributed by atoms with E-state index in [4.69, 9.17) is 52.1 Å². The number of rotatable bonds is 11. The van der Waals surface area contributed by atoms with Crippen LogP contribution in [0.15, 0.2) is 66.7 Å². The first-order valence-corrected chi connectivity index (χ1v) is 31.1. The maximum absolute atomic E-state index is 15.6. The molecule has 112 heavy (non-hydrogen) atoms. The van der Waals surface area contributed by atoms with Crippen LogP contribution in [-0.4, -0.2) is 250 Å². The third kappa shape index (κ3) is 13.2. The highest BCUT2D eigenvalue weighted by molar-refractivity contribution is 6.10. The van der Waals surface area contributed by atoms with E-state index in [9.17, 15) is 156 Å². The fraction of sp³-hybridized carbons (Fsp3) is 0.176. The summed E-state index contributed by atoms with van der Waals surface area (Å²) < 4.78 is 61.4. The lowest BCUT2D eigenvalue weighted by molar-refractivity contribution is -0.284. The molecule has 8 aromatic carbocycles. The van der Waals surface area contributed by atoms with Gasteiger partial charge in [0.2, 0.25) is 53.2 Å². The standard InChI is InChI=1S/C68H50O44/c69-22-1-14(2-23(70)39(22)79)59(94)102-12-33-55(52(92)53(93)67(105-33)111-60(95)15-3-24(71)40(80)25(72)4-15)107-66(101)21-10-31(78)45(85)51(91)54(21)104-32-11-20-38(50(90)46(32)86)37-19(9-30(77)44(84)49(37)89)64(99)110-58-57(109-65(20)100)56-34(106-68(58)112-61(96)16-5-26(73)41(81)27(74)6-16)13-103-62(97)17-7-28(75)42(82)47(87)35(17)36-18(63(98)108-56)8-29(76)43(83)48(36)88/h1-11,33-34,52-53,55-58,67-93H,12-13H2/t33-,34-,52-,53-,55-,56-,57+,58-,67+,68+/m1/s1. The van der Waals surface area contributed by atoms with Crippen LogP contribution in [0.5, 0.6) is 144 Å². The van der Waals surface area contributed by atoms with E-state index in [1.807, 2.05) is 0 Å². The molecule has 4 aliphatic rings. The maximum Gasteiger partial charge on any atom is 0.342 e. The minimum atomic E-state index is -2.87. The molecule has 0 aliphatic carbocycles. The number of esters is 8. The Hall–Kier alpha value is -15.4. The number of aliphatic hydroxyl groups is 2. The fourth-order valence-electron chi connectivity index (χ4n) is 11.8. The minimum Gasteiger partial charge on any atom is -0.504 e. The van der Waals surface area contributed by atoms with Crippen molar-refractivity contribution < 1.29 is 218 Å². The van der Waals surface area contributed by atoms with E-state index >= 15 is 9.59 Å². The van der Waals surface area contributed by atoms with Crippen LogP contribution in [0.4, 0.5) is 0 Å². The lowest BCUT2D eigenvalue weighted by Gasteiger charge is -2.44. The van der Waals surface area contributed by atoms with E-state index in [1.165, 1.54) is 0 Å². The summed E-state index contributed by atoms with van der Waals surface area (Å²) in [5.41, 5.74) is -14.4. The number of fused-ring (bicyclic) bond motifs is 9. The third-order valence-corrected chi connectivity index (χ3v) is 17.3. The molecule has 0 spiro atoms. The van der Waals surface area contributed by atoms with Gasteiger partial charge >= 0.3 is 47.8 Å². The van der Waals surface area contributed by atoms with Crippen molar-refractivity contribution in [1.29, 1.82) is 0 Å². The quantitative estimate of drug-likeness (QED) is 0.0498. The number of aliphatic hydroxyl groups excluding tert-OH is 2. The van der Waals surface area contributed by atoms with Gasteiger partial charge in [-0.1, -0.05) is 0 Å². The van der Waals surface area contributed by atoms with Crippen LogP contribution in [0.3, 0.4) is 0 Å². The van der Waals surface area contributed by atoms with Crippen molar-refractivity contribution in [3.05, 3.63) is 111 Å². The zero-order chi connectivity index (χ0) is 81.7. The second-order valence-corrected chi connectivity index (χ2v) is 24.3. The third-order valence-electron chi connectivity index (χ3n) is 17.3. The van der Waals surface area contributed by atoms with Gasteiger partial charge in [-0.25, -0.2) is 38.4 Å². The van der Waals surface area contributed by atoms with Gasteiger partial charge in [0.05, 0.1) is 38.9 Å². The average molecular weight is 1570 g/mol. The molecule has 0 bridgehead atoms. The summed E-state index contributed by atoms with van der Waals surface area (Å²) in [4.78, 5) is 116. The van der Waals surface area contributed by atoms with Crippen molar-refractivity contribution in [2.75, 3.05) is 13.2 Å². The van der Waals surface area contributed by atoms with Crippen LogP contribution in [-0.2, 0) is 47.4 Å². The lowest BCUT2D eigenvalue weighted by Crippen LogP contribution is -2.63. The Morgan fingerprint density at radius 1 is 0.348 bits per heavy atom. The number of carbonyl (C=O) groups excluding carboxylic acids is 8. The molecule has 0 radical (unpaired) electrons. The van der Waals surface area contributed by atoms with Gasteiger partial charge in [0.25, 0.3) is 0 Å². The molecule has 8 aromatic rings.